The number of rotatable bonds is 4. The molecule has 1 aromatic carbocycles. The topological polar surface area (TPSA) is 34.1 Å². The van der Waals surface area contributed by atoms with Gasteiger partial charge in [0.05, 0.1) is 0 Å². The quantitative estimate of drug-likeness (QED) is 0.869. The van der Waals surface area contributed by atoms with Crippen molar-refractivity contribution in [3.05, 3.63) is 60.0 Å². The van der Waals surface area contributed by atoms with Gasteiger partial charge in [-0.05, 0) is 24.6 Å². The van der Waals surface area contributed by atoms with Crippen LogP contribution in [0.4, 0.5) is 4.39 Å². The Morgan fingerprint density at radius 2 is 2.00 bits per heavy atom. The highest BCUT2D eigenvalue weighted by molar-refractivity contribution is 5.21. The third-order valence-corrected chi connectivity index (χ3v) is 3.59. The summed E-state index contributed by atoms with van der Waals surface area (Å²) in [6, 6.07) is 14.7. The fraction of sp³-hybridized carbons (Fsp3) is 0.312. The molecule has 0 spiro atoms. The minimum absolute atomic E-state index is 0.0968. The fourth-order valence-electron chi connectivity index (χ4n) is 2.60. The van der Waals surface area contributed by atoms with Crippen LogP contribution in [0.25, 0.3) is 0 Å². The molecule has 2 atom stereocenters. The molecule has 1 fully saturated rings. The van der Waals surface area contributed by atoms with Crippen molar-refractivity contribution in [2.24, 2.45) is 5.92 Å². The molecule has 1 N–H and O–H groups in total. The third-order valence-electron chi connectivity index (χ3n) is 3.59. The van der Waals surface area contributed by atoms with Crippen LogP contribution in [-0.4, -0.2) is 18.1 Å². The number of hydrogen-bond acceptors (Lipinski definition) is 3. The van der Waals surface area contributed by atoms with Gasteiger partial charge in [-0.2, -0.15) is 9.37 Å². The molecule has 0 bridgehead atoms. The number of pyridine rings is 1. The number of aromatic nitrogens is 1. The molecule has 2 aromatic rings. The zero-order chi connectivity index (χ0) is 13.8. The third kappa shape index (κ3) is 2.96. The van der Waals surface area contributed by atoms with Gasteiger partial charge in [0.25, 0.3) is 0 Å². The maximum absolute atomic E-state index is 13.2. The van der Waals surface area contributed by atoms with E-state index in [1.807, 2.05) is 30.3 Å². The van der Waals surface area contributed by atoms with Crippen LogP contribution in [0.15, 0.2) is 48.5 Å². The molecule has 2 heterocycles. The minimum Gasteiger partial charge on any atom is -0.469 e. The standard InChI is InChI=1S/C16H17FN2O/c17-14-7-4-8-15(19-14)20-16(13-9-10-18-11-13)12-5-2-1-3-6-12/h1-8,13,16,18H,9-11H2/t13-,16-/m0/s1. The van der Waals surface area contributed by atoms with Gasteiger partial charge < -0.3 is 10.1 Å². The molecule has 20 heavy (non-hydrogen) atoms. The fourth-order valence-corrected chi connectivity index (χ4v) is 2.60. The van der Waals surface area contributed by atoms with E-state index in [1.54, 1.807) is 12.1 Å². The van der Waals surface area contributed by atoms with Gasteiger partial charge in [-0.15, -0.1) is 0 Å². The first kappa shape index (κ1) is 13.1. The van der Waals surface area contributed by atoms with Crippen molar-refractivity contribution >= 4 is 0 Å². The number of hydrogen-bond donors (Lipinski definition) is 1. The Morgan fingerprint density at radius 3 is 2.70 bits per heavy atom. The molecule has 0 saturated carbocycles. The van der Waals surface area contributed by atoms with Crippen LogP contribution in [-0.2, 0) is 0 Å². The smallest absolute Gasteiger partial charge is 0.216 e. The number of benzene rings is 1. The van der Waals surface area contributed by atoms with Crippen molar-refractivity contribution in [2.75, 3.05) is 13.1 Å². The van der Waals surface area contributed by atoms with Crippen molar-refractivity contribution in [1.29, 1.82) is 0 Å². The summed E-state index contributed by atoms with van der Waals surface area (Å²) in [6.07, 6.45) is 0.954. The molecule has 1 aliphatic rings. The van der Waals surface area contributed by atoms with Crippen LogP contribution >= 0.6 is 0 Å². The van der Waals surface area contributed by atoms with Crippen LogP contribution in [0.2, 0.25) is 0 Å². The first-order chi connectivity index (χ1) is 9.83. The summed E-state index contributed by atoms with van der Waals surface area (Å²) in [5, 5.41) is 3.35. The van der Waals surface area contributed by atoms with Crippen molar-refractivity contribution in [2.45, 2.75) is 12.5 Å². The lowest BCUT2D eigenvalue weighted by molar-refractivity contribution is 0.136. The van der Waals surface area contributed by atoms with E-state index >= 15 is 0 Å². The van der Waals surface area contributed by atoms with Gasteiger partial charge in [0.15, 0.2) is 0 Å². The van der Waals surface area contributed by atoms with Crippen LogP contribution in [0.3, 0.4) is 0 Å². The van der Waals surface area contributed by atoms with Gasteiger partial charge in [-0.3, -0.25) is 0 Å². The first-order valence-corrected chi connectivity index (χ1v) is 6.88. The maximum Gasteiger partial charge on any atom is 0.216 e. The lowest BCUT2D eigenvalue weighted by Gasteiger charge is -2.24. The molecule has 0 aliphatic carbocycles. The van der Waals surface area contributed by atoms with Gasteiger partial charge in [0, 0.05) is 18.5 Å². The predicted octanol–water partition coefficient (Wildman–Crippen LogP) is 2.95. The summed E-state index contributed by atoms with van der Waals surface area (Å²) in [5.74, 6) is 0.201. The van der Waals surface area contributed by atoms with E-state index in [9.17, 15) is 4.39 Å². The Morgan fingerprint density at radius 1 is 1.15 bits per heavy atom. The Labute approximate surface area is 117 Å². The van der Waals surface area contributed by atoms with Crippen molar-refractivity contribution in [1.82, 2.24) is 10.3 Å². The second-order valence-corrected chi connectivity index (χ2v) is 5.00. The molecule has 1 aliphatic heterocycles. The van der Waals surface area contributed by atoms with Crippen LogP contribution < -0.4 is 10.1 Å². The highest BCUT2D eigenvalue weighted by Gasteiger charge is 2.28. The summed E-state index contributed by atoms with van der Waals surface area (Å²) in [6.45, 7) is 1.91. The number of nitrogens with one attached hydrogen (secondary N) is 1. The highest BCUT2D eigenvalue weighted by atomic mass is 19.1. The first-order valence-electron chi connectivity index (χ1n) is 6.88. The molecular weight excluding hydrogens is 255 g/mol. The van der Waals surface area contributed by atoms with E-state index in [0.29, 0.717) is 11.8 Å². The monoisotopic (exact) mass is 272 g/mol. The van der Waals surface area contributed by atoms with Gasteiger partial charge >= 0.3 is 0 Å². The molecule has 1 aromatic heterocycles. The lowest BCUT2D eigenvalue weighted by atomic mass is 9.95. The van der Waals surface area contributed by atoms with E-state index in [4.69, 9.17) is 4.74 Å². The number of halogens is 1. The molecule has 104 valence electrons. The molecule has 0 radical (unpaired) electrons. The Kier molecular flexibility index (Phi) is 3.92. The molecule has 0 unspecified atom stereocenters. The average molecular weight is 272 g/mol. The van der Waals surface area contributed by atoms with Gasteiger partial charge in [0.2, 0.25) is 11.8 Å². The summed E-state index contributed by atoms with van der Waals surface area (Å²) in [7, 11) is 0. The molecule has 0 amide bonds. The normalized spacial score (nSPS) is 19.8. The largest absolute Gasteiger partial charge is 0.469 e. The minimum atomic E-state index is -0.515. The zero-order valence-electron chi connectivity index (χ0n) is 11.1. The van der Waals surface area contributed by atoms with E-state index in [-0.39, 0.29) is 6.10 Å². The Hall–Kier alpha value is -1.94. The van der Waals surface area contributed by atoms with E-state index in [1.165, 1.54) is 6.07 Å². The van der Waals surface area contributed by atoms with Crippen molar-refractivity contribution < 1.29 is 9.13 Å². The van der Waals surface area contributed by atoms with Crippen molar-refractivity contribution in [3.63, 3.8) is 0 Å². The predicted molar refractivity (Wildman–Crippen MR) is 75.0 cm³/mol. The van der Waals surface area contributed by atoms with Gasteiger partial charge in [-0.25, -0.2) is 0 Å². The molecule has 3 rings (SSSR count). The molecule has 3 nitrogen and oxygen atoms in total. The lowest BCUT2D eigenvalue weighted by Crippen LogP contribution is -2.21. The summed E-state index contributed by atoms with van der Waals surface area (Å²) in [4.78, 5) is 3.80. The summed E-state index contributed by atoms with van der Waals surface area (Å²) >= 11 is 0. The average Bonchev–Trinajstić information content (AvgIpc) is 3.00. The molecule has 1 saturated heterocycles. The second-order valence-electron chi connectivity index (χ2n) is 5.00. The van der Waals surface area contributed by atoms with Crippen molar-refractivity contribution in [3.8, 4) is 5.88 Å². The Balaban J connectivity index is 1.85. The Bertz CT molecular complexity index is 555. The summed E-state index contributed by atoms with van der Waals surface area (Å²) in [5.41, 5.74) is 1.10. The summed E-state index contributed by atoms with van der Waals surface area (Å²) < 4.78 is 19.2. The maximum atomic E-state index is 13.2. The second kappa shape index (κ2) is 6.01. The number of ether oxygens (including phenoxy) is 1. The zero-order valence-corrected chi connectivity index (χ0v) is 11.1. The van der Waals surface area contributed by atoms with E-state index in [0.717, 1.165) is 25.1 Å². The molecule has 4 heteroatoms. The van der Waals surface area contributed by atoms with Crippen LogP contribution in [0.1, 0.15) is 18.1 Å². The van der Waals surface area contributed by atoms with E-state index < -0.39 is 5.95 Å². The van der Waals surface area contributed by atoms with Gasteiger partial charge in [0.1, 0.15) is 6.10 Å². The van der Waals surface area contributed by atoms with Crippen LogP contribution in [0.5, 0.6) is 5.88 Å². The SMILES string of the molecule is Fc1cccc(O[C@@H](c2ccccc2)[C@H]2CCNC2)n1. The van der Waals surface area contributed by atoms with Gasteiger partial charge in [-0.1, -0.05) is 36.4 Å². The van der Waals surface area contributed by atoms with Crippen LogP contribution in [0, 0.1) is 11.9 Å². The highest BCUT2D eigenvalue weighted by Crippen LogP contribution is 2.31. The molecular formula is C16H17FN2O. The number of nitrogens with zero attached hydrogens (tertiary/aromatic N) is 1. The van der Waals surface area contributed by atoms with E-state index in [2.05, 4.69) is 10.3 Å².